The highest BCUT2D eigenvalue weighted by Gasteiger charge is 2.26. The summed E-state index contributed by atoms with van der Waals surface area (Å²) in [4.78, 5) is 14.8. The van der Waals surface area contributed by atoms with E-state index in [0.717, 1.165) is 18.4 Å². The SMILES string of the molecule is N#Cc1ccc2nnc(C(=O)N3CCCC(c4cc(F)ccc4Cl)CC3)n2c1. The van der Waals surface area contributed by atoms with Gasteiger partial charge in [0, 0.05) is 24.3 Å². The summed E-state index contributed by atoms with van der Waals surface area (Å²) in [7, 11) is 0. The summed E-state index contributed by atoms with van der Waals surface area (Å²) in [6, 6.07) is 9.77. The van der Waals surface area contributed by atoms with E-state index >= 15 is 0 Å². The molecule has 1 atom stereocenters. The van der Waals surface area contributed by atoms with Gasteiger partial charge in [-0.2, -0.15) is 5.26 Å². The van der Waals surface area contributed by atoms with Crippen LogP contribution in [0.4, 0.5) is 4.39 Å². The summed E-state index contributed by atoms with van der Waals surface area (Å²) < 4.78 is 15.2. The maximum atomic E-state index is 13.6. The van der Waals surface area contributed by atoms with Crippen LogP contribution in [0, 0.1) is 17.1 Å². The maximum Gasteiger partial charge on any atom is 0.292 e. The Kier molecular flexibility index (Phi) is 4.97. The van der Waals surface area contributed by atoms with Crippen LogP contribution in [-0.4, -0.2) is 38.5 Å². The number of fused-ring (bicyclic) bond motifs is 1. The first kappa shape index (κ1) is 18.4. The molecule has 0 radical (unpaired) electrons. The molecule has 3 heterocycles. The number of halogens is 2. The van der Waals surface area contributed by atoms with Gasteiger partial charge in [0.1, 0.15) is 11.9 Å². The number of aromatic nitrogens is 3. The highest BCUT2D eigenvalue weighted by molar-refractivity contribution is 6.31. The van der Waals surface area contributed by atoms with Crippen molar-refractivity contribution < 1.29 is 9.18 Å². The summed E-state index contributed by atoms with van der Waals surface area (Å²) in [5, 5.41) is 17.7. The second kappa shape index (κ2) is 7.56. The van der Waals surface area contributed by atoms with Crippen LogP contribution in [0.5, 0.6) is 0 Å². The van der Waals surface area contributed by atoms with E-state index in [-0.39, 0.29) is 23.5 Å². The van der Waals surface area contributed by atoms with Crippen molar-refractivity contribution in [3.63, 3.8) is 0 Å². The smallest absolute Gasteiger partial charge is 0.292 e. The summed E-state index contributed by atoms with van der Waals surface area (Å²) >= 11 is 6.26. The Labute approximate surface area is 166 Å². The van der Waals surface area contributed by atoms with Crippen molar-refractivity contribution in [2.24, 2.45) is 0 Å². The van der Waals surface area contributed by atoms with E-state index in [4.69, 9.17) is 16.9 Å². The summed E-state index contributed by atoms with van der Waals surface area (Å²) in [5.74, 6) is -0.246. The lowest BCUT2D eigenvalue weighted by Crippen LogP contribution is -2.33. The maximum absolute atomic E-state index is 13.6. The quantitative estimate of drug-likeness (QED) is 0.659. The average Bonchev–Trinajstić information content (AvgIpc) is 2.97. The number of pyridine rings is 1. The van der Waals surface area contributed by atoms with Gasteiger partial charge in [-0.15, -0.1) is 10.2 Å². The first-order valence-corrected chi connectivity index (χ1v) is 9.43. The number of likely N-dealkylation sites (tertiary alicyclic amines) is 1. The minimum atomic E-state index is -0.306. The van der Waals surface area contributed by atoms with Crippen LogP contribution in [0.1, 0.15) is 46.9 Å². The lowest BCUT2D eigenvalue weighted by molar-refractivity contribution is 0.0747. The molecule has 0 N–H and O–H groups in total. The highest BCUT2D eigenvalue weighted by Crippen LogP contribution is 2.33. The lowest BCUT2D eigenvalue weighted by Gasteiger charge is -2.20. The molecule has 28 heavy (non-hydrogen) atoms. The fraction of sp³-hybridized carbons (Fsp3) is 0.300. The van der Waals surface area contributed by atoms with Gasteiger partial charge in [-0.3, -0.25) is 9.20 Å². The number of nitriles is 1. The lowest BCUT2D eigenvalue weighted by atomic mass is 9.92. The zero-order valence-corrected chi connectivity index (χ0v) is 15.7. The molecule has 1 fully saturated rings. The van der Waals surface area contributed by atoms with Gasteiger partial charge in [0.15, 0.2) is 5.65 Å². The molecule has 0 spiro atoms. The van der Waals surface area contributed by atoms with Crippen molar-refractivity contribution in [1.29, 1.82) is 5.26 Å². The fourth-order valence-electron chi connectivity index (χ4n) is 3.68. The number of nitrogens with zero attached hydrogens (tertiary/aromatic N) is 5. The van der Waals surface area contributed by atoms with Gasteiger partial charge in [0.05, 0.1) is 5.56 Å². The van der Waals surface area contributed by atoms with Crippen LogP contribution in [0.15, 0.2) is 36.5 Å². The summed E-state index contributed by atoms with van der Waals surface area (Å²) in [6.45, 7) is 1.10. The molecule has 0 aliphatic carbocycles. The van der Waals surface area contributed by atoms with Gasteiger partial charge in [-0.05, 0) is 61.1 Å². The molecule has 3 aromatic rings. The molecule has 1 aliphatic heterocycles. The van der Waals surface area contributed by atoms with Crippen molar-refractivity contribution in [3.8, 4) is 6.07 Å². The van der Waals surface area contributed by atoms with Crippen molar-refractivity contribution in [2.75, 3.05) is 13.1 Å². The third-order valence-electron chi connectivity index (χ3n) is 5.14. The summed E-state index contributed by atoms with van der Waals surface area (Å²) in [5.41, 5.74) is 1.74. The molecular formula is C20H17ClFN5O. The van der Waals surface area contributed by atoms with E-state index in [9.17, 15) is 9.18 Å². The van der Waals surface area contributed by atoms with Crippen LogP contribution in [0.2, 0.25) is 5.02 Å². The molecule has 1 aromatic carbocycles. The van der Waals surface area contributed by atoms with Gasteiger partial charge >= 0.3 is 0 Å². The number of hydrogen-bond acceptors (Lipinski definition) is 4. The van der Waals surface area contributed by atoms with Crippen molar-refractivity contribution in [2.45, 2.75) is 25.2 Å². The summed E-state index contributed by atoms with van der Waals surface area (Å²) in [6.07, 6.45) is 3.86. The zero-order chi connectivity index (χ0) is 19.7. The third kappa shape index (κ3) is 3.43. The van der Waals surface area contributed by atoms with E-state index in [1.807, 2.05) is 0 Å². The normalized spacial score (nSPS) is 17.3. The number of amides is 1. The molecule has 1 unspecified atom stereocenters. The minimum absolute atomic E-state index is 0.0985. The van der Waals surface area contributed by atoms with Gasteiger partial charge < -0.3 is 4.90 Å². The first-order chi connectivity index (χ1) is 13.6. The monoisotopic (exact) mass is 397 g/mol. The Balaban J connectivity index is 1.55. The van der Waals surface area contributed by atoms with Crippen LogP contribution in [-0.2, 0) is 0 Å². The van der Waals surface area contributed by atoms with Crippen LogP contribution in [0.25, 0.3) is 5.65 Å². The van der Waals surface area contributed by atoms with E-state index < -0.39 is 0 Å². The third-order valence-corrected chi connectivity index (χ3v) is 5.48. The Morgan fingerprint density at radius 2 is 2.07 bits per heavy atom. The number of benzene rings is 1. The Bertz CT molecular complexity index is 1090. The predicted octanol–water partition coefficient (Wildman–Crippen LogP) is 3.80. The molecule has 8 heteroatoms. The number of carbonyl (C=O) groups excluding carboxylic acids is 1. The molecule has 0 saturated carbocycles. The molecule has 4 rings (SSSR count). The second-order valence-electron chi connectivity index (χ2n) is 6.87. The fourth-order valence-corrected chi connectivity index (χ4v) is 3.95. The Hall–Kier alpha value is -2.98. The van der Waals surface area contributed by atoms with Gasteiger partial charge in [0.25, 0.3) is 5.91 Å². The number of hydrogen-bond donors (Lipinski definition) is 0. The molecule has 6 nitrogen and oxygen atoms in total. The molecule has 0 bridgehead atoms. The van der Waals surface area contributed by atoms with E-state index in [2.05, 4.69) is 16.3 Å². The number of carbonyl (C=O) groups is 1. The standard InChI is InChI=1S/C20H17ClFN5O/c21-17-5-4-15(22)10-16(17)14-2-1-8-26(9-7-14)20(28)19-25-24-18-6-3-13(11-23)12-27(18)19/h3-6,10,12,14H,1-2,7-9H2. The molecule has 1 aliphatic rings. The van der Waals surface area contributed by atoms with Crippen molar-refractivity contribution >= 4 is 23.2 Å². The highest BCUT2D eigenvalue weighted by atomic mass is 35.5. The van der Waals surface area contributed by atoms with E-state index in [1.165, 1.54) is 12.1 Å². The average molecular weight is 398 g/mol. The largest absolute Gasteiger partial charge is 0.336 e. The van der Waals surface area contributed by atoms with Gasteiger partial charge in [0.2, 0.25) is 5.82 Å². The molecule has 2 aromatic heterocycles. The number of rotatable bonds is 2. The minimum Gasteiger partial charge on any atom is -0.336 e. The van der Waals surface area contributed by atoms with E-state index in [1.54, 1.807) is 33.7 Å². The molecule has 142 valence electrons. The topological polar surface area (TPSA) is 74.3 Å². The second-order valence-corrected chi connectivity index (χ2v) is 7.27. The predicted molar refractivity (Wildman–Crippen MR) is 102 cm³/mol. The Morgan fingerprint density at radius 1 is 1.21 bits per heavy atom. The van der Waals surface area contributed by atoms with E-state index in [0.29, 0.717) is 35.7 Å². The van der Waals surface area contributed by atoms with Gasteiger partial charge in [-0.1, -0.05) is 11.6 Å². The Morgan fingerprint density at radius 3 is 2.89 bits per heavy atom. The van der Waals surface area contributed by atoms with Crippen LogP contribution >= 0.6 is 11.6 Å². The van der Waals surface area contributed by atoms with Crippen molar-refractivity contribution in [3.05, 3.63) is 64.3 Å². The van der Waals surface area contributed by atoms with Crippen LogP contribution < -0.4 is 0 Å². The van der Waals surface area contributed by atoms with Gasteiger partial charge in [-0.25, -0.2) is 4.39 Å². The van der Waals surface area contributed by atoms with Crippen molar-refractivity contribution in [1.82, 2.24) is 19.5 Å². The first-order valence-electron chi connectivity index (χ1n) is 9.06. The molecular weight excluding hydrogens is 381 g/mol. The zero-order valence-electron chi connectivity index (χ0n) is 15.0. The molecule has 1 amide bonds. The van der Waals surface area contributed by atoms with Crippen LogP contribution in [0.3, 0.4) is 0 Å². The molecule has 1 saturated heterocycles.